The summed E-state index contributed by atoms with van der Waals surface area (Å²) < 4.78 is 0. The Balaban J connectivity index is 0.000000163. The van der Waals surface area contributed by atoms with E-state index in [1.165, 1.54) is 10.9 Å². The third-order valence-electron chi connectivity index (χ3n) is 2.70. The number of para-hydroxylation sites is 1. The predicted molar refractivity (Wildman–Crippen MR) is 84.6 cm³/mol. The van der Waals surface area contributed by atoms with Crippen molar-refractivity contribution in [2.75, 3.05) is 5.73 Å². The lowest BCUT2D eigenvalue weighted by Crippen LogP contribution is -1.91. The highest BCUT2D eigenvalue weighted by Gasteiger charge is 1.97. The Hall–Kier alpha value is -2.00. The Morgan fingerprint density at radius 3 is 2.21 bits per heavy atom. The zero-order chi connectivity index (χ0) is 13.7. The molecule has 3 aromatic rings. The number of pyridine rings is 1. The van der Waals surface area contributed by atoms with Crippen molar-refractivity contribution in [3.8, 4) is 0 Å². The molecule has 3 rings (SSSR count). The summed E-state index contributed by atoms with van der Waals surface area (Å²) in [5.41, 5.74) is 7.76. The molecular formula is C16H16N2S. The number of fused-ring (bicyclic) bond motifs is 1. The molecule has 0 spiro atoms. The highest BCUT2D eigenvalue weighted by atomic mass is 32.1. The Kier molecular flexibility index (Phi) is 4.42. The highest BCUT2D eigenvalue weighted by molar-refractivity contribution is 7.80. The van der Waals surface area contributed by atoms with E-state index in [4.69, 9.17) is 5.73 Å². The number of aryl methyl sites for hydroxylation is 1. The number of thiol groups is 1. The van der Waals surface area contributed by atoms with Crippen LogP contribution in [0.1, 0.15) is 5.56 Å². The molecule has 0 fully saturated rings. The molecule has 1 heterocycles. The lowest BCUT2D eigenvalue weighted by molar-refractivity contribution is 1.37. The summed E-state index contributed by atoms with van der Waals surface area (Å²) in [6, 6.07) is 19.7. The maximum absolute atomic E-state index is 5.61. The van der Waals surface area contributed by atoms with Crippen molar-refractivity contribution in [1.29, 1.82) is 0 Å². The fourth-order valence-corrected chi connectivity index (χ4v) is 1.98. The minimum Gasteiger partial charge on any atom is -0.384 e. The fourth-order valence-electron chi connectivity index (χ4n) is 1.80. The lowest BCUT2D eigenvalue weighted by atomic mass is 10.1. The fraction of sp³-hybridized carbons (Fsp3) is 0.0625. The number of aromatic nitrogens is 1. The van der Waals surface area contributed by atoms with Gasteiger partial charge in [0.1, 0.15) is 5.82 Å². The van der Waals surface area contributed by atoms with Gasteiger partial charge in [0, 0.05) is 10.3 Å². The first-order chi connectivity index (χ1) is 9.16. The molecule has 2 aromatic carbocycles. The summed E-state index contributed by atoms with van der Waals surface area (Å²) in [7, 11) is 0. The van der Waals surface area contributed by atoms with Gasteiger partial charge in [-0.1, -0.05) is 36.4 Å². The van der Waals surface area contributed by atoms with E-state index in [0.29, 0.717) is 5.82 Å². The van der Waals surface area contributed by atoms with Crippen molar-refractivity contribution in [2.45, 2.75) is 11.8 Å². The number of benzene rings is 2. The van der Waals surface area contributed by atoms with Crippen LogP contribution in [-0.2, 0) is 0 Å². The maximum atomic E-state index is 5.61. The number of rotatable bonds is 0. The van der Waals surface area contributed by atoms with Crippen LogP contribution in [0, 0.1) is 6.92 Å². The lowest BCUT2D eigenvalue weighted by Gasteiger charge is -2.01. The van der Waals surface area contributed by atoms with Crippen LogP contribution in [0.4, 0.5) is 5.82 Å². The predicted octanol–water partition coefficient (Wildman–Crippen LogP) is 4.10. The molecule has 0 unspecified atom stereocenters. The molecule has 0 aliphatic carbocycles. The molecule has 3 heteroatoms. The molecule has 1 aromatic heterocycles. The maximum Gasteiger partial charge on any atom is 0.124 e. The summed E-state index contributed by atoms with van der Waals surface area (Å²) in [6.45, 7) is 2.04. The molecular weight excluding hydrogens is 252 g/mol. The van der Waals surface area contributed by atoms with Crippen LogP contribution in [-0.4, -0.2) is 4.98 Å². The first-order valence-corrected chi connectivity index (χ1v) is 6.47. The molecule has 0 radical (unpaired) electrons. The van der Waals surface area contributed by atoms with E-state index in [-0.39, 0.29) is 0 Å². The molecule has 2 nitrogen and oxygen atoms in total. The van der Waals surface area contributed by atoms with Crippen LogP contribution in [0.25, 0.3) is 10.9 Å². The monoisotopic (exact) mass is 268 g/mol. The van der Waals surface area contributed by atoms with Crippen LogP contribution in [0.3, 0.4) is 0 Å². The molecule has 96 valence electrons. The highest BCUT2D eigenvalue weighted by Crippen LogP contribution is 2.17. The van der Waals surface area contributed by atoms with Crippen LogP contribution < -0.4 is 5.73 Å². The molecule has 0 saturated heterocycles. The molecule has 0 atom stereocenters. The first kappa shape index (κ1) is 13.4. The molecule has 0 aliphatic rings. The summed E-state index contributed by atoms with van der Waals surface area (Å²) in [5, 5.41) is 1.17. The van der Waals surface area contributed by atoms with Crippen molar-refractivity contribution in [2.24, 2.45) is 0 Å². The quantitative estimate of drug-likeness (QED) is 0.602. The molecule has 19 heavy (non-hydrogen) atoms. The van der Waals surface area contributed by atoms with Crippen LogP contribution in [0.15, 0.2) is 65.6 Å². The van der Waals surface area contributed by atoms with Gasteiger partial charge in [-0.25, -0.2) is 4.98 Å². The van der Waals surface area contributed by atoms with Gasteiger partial charge in [-0.05, 0) is 36.8 Å². The van der Waals surface area contributed by atoms with E-state index in [1.54, 1.807) is 0 Å². The van der Waals surface area contributed by atoms with Gasteiger partial charge in [0.15, 0.2) is 0 Å². The third-order valence-corrected chi connectivity index (χ3v) is 3.00. The molecule has 0 bridgehead atoms. The first-order valence-electron chi connectivity index (χ1n) is 6.02. The number of nitrogens with zero attached hydrogens (tertiary/aromatic N) is 1. The van der Waals surface area contributed by atoms with E-state index >= 15 is 0 Å². The number of nitrogen functional groups attached to an aromatic ring is 1. The summed E-state index contributed by atoms with van der Waals surface area (Å²) >= 11 is 4.08. The van der Waals surface area contributed by atoms with Crippen molar-refractivity contribution < 1.29 is 0 Å². The van der Waals surface area contributed by atoms with Gasteiger partial charge >= 0.3 is 0 Å². The molecule has 0 aliphatic heterocycles. The van der Waals surface area contributed by atoms with Gasteiger partial charge in [0.2, 0.25) is 0 Å². The van der Waals surface area contributed by atoms with Gasteiger partial charge in [-0.3, -0.25) is 0 Å². The second-order valence-electron chi connectivity index (χ2n) is 4.22. The standard InChI is InChI=1S/C10H10N2.C6H6S/c1-7-6-10(11)12-9-5-3-2-4-8(7)9;7-6-4-2-1-3-5-6/h2-6H,1H3,(H2,11,12);1-5,7H. The van der Waals surface area contributed by atoms with Gasteiger partial charge in [0.25, 0.3) is 0 Å². The van der Waals surface area contributed by atoms with Crippen LogP contribution >= 0.6 is 12.6 Å². The van der Waals surface area contributed by atoms with E-state index in [2.05, 4.69) is 23.7 Å². The Labute approximate surface area is 118 Å². The van der Waals surface area contributed by atoms with Crippen molar-refractivity contribution in [3.63, 3.8) is 0 Å². The van der Waals surface area contributed by atoms with Crippen LogP contribution in [0.2, 0.25) is 0 Å². The Bertz CT molecular complexity index is 666. The Morgan fingerprint density at radius 2 is 1.58 bits per heavy atom. The number of hydrogen-bond donors (Lipinski definition) is 2. The Morgan fingerprint density at radius 1 is 0.947 bits per heavy atom. The summed E-state index contributed by atoms with van der Waals surface area (Å²) in [6.07, 6.45) is 0. The van der Waals surface area contributed by atoms with Gasteiger partial charge in [0.05, 0.1) is 5.52 Å². The number of nitrogens with two attached hydrogens (primary N) is 1. The van der Waals surface area contributed by atoms with E-state index in [9.17, 15) is 0 Å². The summed E-state index contributed by atoms with van der Waals surface area (Å²) in [4.78, 5) is 5.23. The minimum absolute atomic E-state index is 0.589. The molecule has 0 saturated carbocycles. The third kappa shape index (κ3) is 3.73. The van der Waals surface area contributed by atoms with Gasteiger partial charge in [-0.2, -0.15) is 0 Å². The minimum atomic E-state index is 0.589. The molecule has 0 amide bonds. The summed E-state index contributed by atoms with van der Waals surface area (Å²) in [5.74, 6) is 0.589. The molecule has 2 N–H and O–H groups in total. The van der Waals surface area contributed by atoms with Crippen LogP contribution in [0.5, 0.6) is 0 Å². The zero-order valence-electron chi connectivity index (χ0n) is 10.7. The van der Waals surface area contributed by atoms with Gasteiger partial charge < -0.3 is 5.73 Å². The largest absolute Gasteiger partial charge is 0.384 e. The average Bonchev–Trinajstić information content (AvgIpc) is 2.40. The van der Waals surface area contributed by atoms with E-state index in [0.717, 1.165) is 10.4 Å². The zero-order valence-corrected chi connectivity index (χ0v) is 11.6. The van der Waals surface area contributed by atoms with Crippen molar-refractivity contribution >= 4 is 29.3 Å². The van der Waals surface area contributed by atoms with E-state index < -0.39 is 0 Å². The van der Waals surface area contributed by atoms with Crippen molar-refractivity contribution in [1.82, 2.24) is 4.98 Å². The second-order valence-corrected chi connectivity index (χ2v) is 4.73. The number of hydrogen-bond acceptors (Lipinski definition) is 3. The SMILES string of the molecule is Cc1cc(N)nc2ccccc12.Sc1ccccc1. The van der Waals surface area contributed by atoms with Gasteiger partial charge in [-0.15, -0.1) is 12.6 Å². The topological polar surface area (TPSA) is 38.9 Å². The number of anilines is 1. The second kappa shape index (κ2) is 6.25. The van der Waals surface area contributed by atoms with E-state index in [1.807, 2.05) is 61.5 Å². The van der Waals surface area contributed by atoms with Crippen molar-refractivity contribution in [3.05, 3.63) is 66.2 Å². The normalized spacial score (nSPS) is 9.79. The average molecular weight is 268 g/mol. The smallest absolute Gasteiger partial charge is 0.124 e.